The molecule has 116 valence electrons. The van der Waals surface area contributed by atoms with Crippen molar-refractivity contribution in [3.63, 3.8) is 0 Å². The summed E-state index contributed by atoms with van der Waals surface area (Å²) in [5.41, 5.74) is 0. The zero-order valence-corrected chi connectivity index (χ0v) is 12.7. The molecule has 1 saturated heterocycles. The zero-order chi connectivity index (χ0) is 14.8. The monoisotopic (exact) mass is 304 g/mol. The predicted molar refractivity (Wildman–Crippen MR) is 75.5 cm³/mol. The molecule has 2 aliphatic rings. The van der Waals surface area contributed by atoms with Gasteiger partial charge in [-0.1, -0.05) is 12.8 Å². The molecule has 2 atom stereocenters. The summed E-state index contributed by atoms with van der Waals surface area (Å²) in [6, 6.07) is -0.135. The van der Waals surface area contributed by atoms with Gasteiger partial charge in [-0.2, -0.15) is 0 Å². The molecule has 20 heavy (non-hydrogen) atoms. The van der Waals surface area contributed by atoms with Gasteiger partial charge in [-0.3, -0.25) is 4.79 Å². The maximum atomic E-state index is 12.2. The second-order valence-corrected chi connectivity index (χ2v) is 7.89. The van der Waals surface area contributed by atoms with Crippen LogP contribution in [0.25, 0.3) is 0 Å². The molecular weight excluding hydrogens is 280 g/mol. The number of sulfonamides is 1. The minimum Gasteiger partial charge on any atom is -0.391 e. The van der Waals surface area contributed by atoms with Gasteiger partial charge in [0.25, 0.3) is 0 Å². The number of aliphatic hydroxyl groups excluding tert-OH is 1. The smallest absolute Gasteiger partial charge is 0.223 e. The van der Waals surface area contributed by atoms with Crippen molar-refractivity contribution in [3.8, 4) is 0 Å². The van der Waals surface area contributed by atoms with Crippen molar-refractivity contribution in [3.05, 3.63) is 0 Å². The van der Waals surface area contributed by atoms with E-state index in [4.69, 9.17) is 0 Å². The molecule has 0 aromatic carbocycles. The second-order valence-electron chi connectivity index (χ2n) is 5.90. The molecule has 0 spiro atoms. The molecule has 0 aromatic rings. The van der Waals surface area contributed by atoms with Gasteiger partial charge in [-0.15, -0.1) is 0 Å². The van der Waals surface area contributed by atoms with Crippen molar-refractivity contribution in [1.29, 1.82) is 0 Å². The van der Waals surface area contributed by atoms with Crippen LogP contribution in [0.2, 0.25) is 0 Å². The van der Waals surface area contributed by atoms with Crippen LogP contribution in [0.5, 0.6) is 0 Å². The Morgan fingerprint density at radius 2 is 1.75 bits per heavy atom. The van der Waals surface area contributed by atoms with Gasteiger partial charge in [0.15, 0.2) is 0 Å². The number of rotatable bonds is 3. The van der Waals surface area contributed by atoms with Gasteiger partial charge in [-0.25, -0.2) is 12.7 Å². The number of amides is 1. The fraction of sp³-hybridized carbons (Fsp3) is 0.923. The quantitative estimate of drug-likeness (QED) is 0.773. The Hall–Kier alpha value is -0.660. The molecule has 2 rings (SSSR count). The van der Waals surface area contributed by atoms with Crippen LogP contribution in [0.4, 0.5) is 0 Å². The maximum Gasteiger partial charge on any atom is 0.223 e. The number of aliphatic hydroxyl groups is 1. The lowest BCUT2D eigenvalue weighted by molar-refractivity contribution is -0.128. The molecule has 1 heterocycles. The number of nitrogens with one attached hydrogen (secondary N) is 1. The van der Waals surface area contributed by atoms with Gasteiger partial charge in [-0.05, 0) is 25.7 Å². The molecule has 1 aliphatic heterocycles. The summed E-state index contributed by atoms with van der Waals surface area (Å²) in [6.45, 7) is 0.814. The highest BCUT2D eigenvalue weighted by Gasteiger charge is 2.31. The number of hydrogen-bond acceptors (Lipinski definition) is 4. The van der Waals surface area contributed by atoms with Crippen molar-refractivity contribution in [2.75, 3.05) is 19.3 Å². The summed E-state index contributed by atoms with van der Waals surface area (Å²) >= 11 is 0. The standard InChI is InChI=1S/C13H24N2O4S/c1-20(18,19)15-8-6-10(7-9-15)13(17)14-11-4-2-3-5-12(11)16/h10-12,16H,2-9H2,1H3,(H,14,17)/t11-,12-/m1/s1. The number of nitrogens with zero attached hydrogens (tertiary/aromatic N) is 1. The van der Waals surface area contributed by atoms with E-state index in [0.717, 1.165) is 25.7 Å². The highest BCUT2D eigenvalue weighted by atomic mass is 32.2. The third kappa shape index (κ3) is 3.93. The summed E-state index contributed by atoms with van der Waals surface area (Å²) in [5, 5.41) is 12.8. The Kier molecular flexibility index (Phi) is 5.04. The fourth-order valence-electron chi connectivity index (χ4n) is 3.03. The summed E-state index contributed by atoms with van der Waals surface area (Å²) < 4.78 is 24.3. The maximum absolute atomic E-state index is 12.2. The predicted octanol–water partition coefficient (Wildman–Crippen LogP) is 0.0777. The van der Waals surface area contributed by atoms with Gasteiger partial charge < -0.3 is 10.4 Å². The normalized spacial score (nSPS) is 30.1. The van der Waals surface area contributed by atoms with E-state index in [1.54, 1.807) is 0 Å². The lowest BCUT2D eigenvalue weighted by atomic mass is 9.91. The van der Waals surface area contributed by atoms with E-state index >= 15 is 0 Å². The molecule has 2 fully saturated rings. The van der Waals surface area contributed by atoms with E-state index in [0.29, 0.717) is 25.9 Å². The Bertz CT molecular complexity index is 443. The Morgan fingerprint density at radius 3 is 2.30 bits per heavy atom. The van der Waals surface area contributed by atoms with Crippen LogP contribution in [0.15, 0.2) is 0 Å². The first-order valence-electron chi connectivity index (χ1n) is 7.31. The fourth-order valence-corrected chi connectivity index (χ4v) is 3.90. The van der Waals surface area contributed by atoms with Crippen molar-refractivity contribution >= 4 is 15.9 Å². The topological polar surface area (TPSA) is 86.7 Å². The van der Waals surface area contributed by atoms with E-state index in [9.17, 15) is 18.3 Å². The van der Waals surface area contributed by atoms with Crippen molar-refractivity contribution in [1.82, 2.24) is 9.62 Å². The van der Waals surface area contributed by atoms with Crippen LogP contribution in [-0.4, -0.2) is 55.2 Å². The molecule has 1 aliphatic carbocycles. The van der Waals surface area contributed by atoms with E-state index in [1.165, 1.54) is 10.6 Å². The van der Waals surface area contributed by atoms with Gasteiger partial charge >= 0.3 is 0 Å². The van der Waals surface area contributed by atoms with Crippen LogP contribution in [0, 0.1) is 5.92 Å². The van der Waals surface area contributed by atoms with Crippen LogP contribution in [-0.2, 0) is 14.8 Å². The van der Waals surface area contributed by atoms with Gasteiger partial charge in [0.05, 0.1) is 18.4 Å². The molecular formula is C13H24N2O4S. The number of carbonyl (C=O) groups excluding carboxylic acids is 1. The molecule has 0 radical (unpaired) electrons. The average molecular weight is 304 g/mol. The van der Waals surface area contributed by atoms with Gasteiger partial charge in [0.1, 0.15) is 0 Å². The first-order chi connectivity index (χ1) is 9.38. The number of piperidine rings is 1. The largest absolute Gasteiger partial charge is 0.391 e. The van der Waals surface area contributed by atoms with Crippen LogP contribution in [0.3, 0.4) is 0 Å². The van der Waals surface area contributed by atoms with E-state index in [1.807, 2.05) is 0 Å². The van der Waals surface area contributed by atoms with E-state index in [2.05, 4.69) is 5.32 Å². The lowest BCUT2D eigenvalue weighted by Crippen LogP contribution is -2.49. The first-order valence-corrected chi connectivity index (χ1v) is 9.16. The Labute approximate surface area is 120 Å². The summed E-state index contributed by atoms with van der Waals surface area (Å²) in [7, 11) is -3.15. The van der Waals surface area contributed by atoms with Crippen molar-refractivity contribution < 1.29 is 18.3 Å². The summed E-state index contributed by atoms with van der Waals surface area (Å²) in [4.78, 5) is 12.2. The van der Waals surface area contributed by atoms with Crippen molar-refractivity contribution in [2.45, 2.75) is 50.7 Å². The molecule has 0 aromatic heterocycles. The van der Waals surface area contributed by atoms with Crippen LogP contribution in [0.1, 0.15) is 38.5 Å². The van der Waals surface area contributed by atoms with Gasteiger partial charge in [0, 0.05) is 19.0 Å². The van der Waals surface area contributed by atoms with Crippen LogP contribution < -0.4 is 5.32 Å². The molecule has 7 heteroatoms. The molecule has 0 unspecified atom stereocenters. The zero-order valence-electron chi connectivity index (χ0n) is 11.9. The average Bonchev–Trinajstić information content (AvgIpc) is 2.40. The Morgan fingerprint density at radius 1 is 1.15 bits per heavy atom. The summed E-state index contributed by atoms with van der Waals surface area (Å²) in [6.07, 6.45) is 5.50. The number of hydrogen-bond donors (Lipinski definition) is 2. The Balaban J connectivity index is 1.83. The summed E-state index contributed by atoms with van der Waals surface area (Å²) in [5.74, 6) is -0.175. The first kappa shape index (κ1) is 15.7. The van der Waals surface area contributed by atoms with E-state index < -0.39 is 16.1 Å². The second kappa shape index (κ2) is 6.41. The third-order valence-corrected chi connectivity index (χ3v) is 5.65. The minimum atomic E-state index is -3.15. The lowest BCUT2D eigenvalue weighted by Gasteiger charge is -2.33. The van der Waals surface area contributed by atoms with Gasteiger partial charge in [0.2, 0.25) is 15.9 Å². The highest BCUT2D eigenvalue weighted by Crippen LogP contribution is 2.22. The SMILES string of the molecule is CS(=O)(=O)N1CCC(C(=O)N[C@@H]2CCCC[C@H]2O)CC1. The molecule has 6 nitrogen and oxygen atoms in total. The molecule has 1 saturated carbocycles. The number of carbonyl (C=O) groups is 1. The highest BCUT2D eigenvalue weighted by molar-refractivity contribution is 7.88. The van der Waals surface area contributed by atoms with E-state index in [-0.39, 0.29) is 17.9 Å². The van der Waals surface area contributed by atoms with Crippen LogP contribution >= 0.6 is 0 Å². The third-order valence-electron chi connectivity index (χ3n) is 4.35. The molecule has 1 amide bonds. The molecule has 2 N–H and O–H groups in total. The van der Waals surface area contributed by atoms with Crippen molar-refractivity contribution in [2.24, 2.45) is 5.92 Å². The minimum absolute atomic E-state index is 0.0379. The molecule has 0 bridgehead atoms.